The first kappa shape index (κ1) is 24.4. The van der Waals surface area contributed by atoms with Crippen LogP contribution in [0.25, 0.3) is 0 Å². The zero-order valence-corrected chi connectivity index (χ0v) is 19.7. The minimum Gasteiger partial charge on any atom is -0.393 e. The number of aliphatic hydroxyl groups is 1. The van der Waals surface area contributed by atoms with Crippen LogP contribution in [-0.4, -0.2) is 36.1 Å². The number of benzene rings is 1. The minimum atomic E-state index is -3.86. The van der Waals surface area contributed by atoms with Crippen molar-refractivity contribution < 1.29 is 13.5 Å². The molecule has 8 nitrogen and oxygen atoms in total. The van der Waals surface area contributed by atoms with Crippen LogP contribution in [0.1, 0.15) is 49.9 Å². The Kier molecular flexibility index (Phi) is 7.40. The maximum absolute atomic E-state index is 11.8. The minimum absolute atomic E-state index is 0.0345. The second-order valence-electron chi connectivity index (χ2n) is 9.00. The highest BCUT2D eigenvalue weighted by Crippen LogP contribution is 2.40. The zero-order valence-electron chi connectivity index (χ0n) is 18.2. The smallest absolute Gasteiger partial charge is 0.238 e. The number of hydrogen-bond donors (Lipinski definition) is 3. The lowest BCUT2D eigenvalue weighted by molar-refractivity contribution is -0.00748. The van der Waals surface area contributed by atoms with Crippen molar-refractivity contribution in [1.82, 2.24) is 9.97 Å². The number of anilines is 1. The Morgan fingerprint density at radius 3 is 2.78 bits per heavy atom. The molecule has 0 saturated heterocycles. The Balaban J connectivity index is 1.70. The first-order chi connectivity index (χ1) is 15.0. The Morgan fingerprint density at radius 1 is 1.38 bits per heavy atom. The summed E-state index contributed by atoms with van der Waals surface area (Å²) in [6.07, 6.45) is 4.65. The lowest BCUT2D eigenvalue weighted by Gasteiger charge is -2.39. The monoisotopic (exact) mass is 477 g/mol. The predicted octanol–water partition coefficient (Wildman–Crippen LogP) is 3.03. The fourth-order valence-electron chi connectivity index (χ4n) is 4.30. The quantitative estimate of drug-likeness (QED) is 0.556. The molecular formula is C22H28ClN5O3S. The molecule has 1 fully saturated rings. The van der Waals surface area contributed by atoms with E-state index in [0.717, 1.165) is 19.3 Å². The van der Waals surface area contributed by atoms with Gasteiger partial charge in [0.2, 0.25) is 16.0 Å². The van der Waals surface area contributed by atoms with E-state index in [1.165, 1.54) is 18.3 Å². The number of halogens is 1. The van der Waals surface area contributed by atoms with Crippen LogP contribution < -0.4 is 10.5 Å². The number of primary sulfonamides is 1. The molecule has 1 aliphatic rings. The van der Waals surface area contributed by atoms with Crippen molar-refractivity contribution in [1.29, 1.82) is 5.26 Å². The number of nitriles is 1. The number of aromatic nitrogens is 2. The summed E-state index contributed by atoms with van der Waals surface area (Å²) in [6.45, 7) is 4.48. The van der Waals surface area contributed by atoms with E-state index >= 15 is 0 Å². The van der Waals surface area contributed by atoms with Crippen LogP contribution in [0.4, 0.5) is 5.95 Å². The van der Waals surface area contributed by atoms with Gasteiger partial charge in [-0.15, -0.1) is 0 Å². The second-order valence-corrected chi connectivity index (χ2v) is 11.0. The van der Waals surface area contributed by atoms with E-state index in [2.05, 4.69) is 35.2 Å². The van der Waals surface area contributed by atoms with Crippen LogP contribution >= 0.6 is 11.6 Å². The fraction of sp³-hybridized carbons (Fsp3) is 0.500. The van der Waals surface area contributed by atoms with Crippen molar-refractivity contribution in [3.8, 4) is 6.07 Å². The van der Waals surface area contributed by atoms with Gasteiger partial charge in [-0.05, 0) is 67.2 Å². The van der Waals surface area contributed by atoms with Gasteiger partial charge in [-0.3, -0.25) is 0 Å². The van der Waals surface area contributed by atoms with E-state index in [1.807, 2.05) is 0 Å². The van der Waals surface area contributed by atoms with Crippen molar-refractivity contribution in [2.75, 3.05) is 11.9 Å². The highest BCUT2D eigenvalue weighted by atomic mass is 35.5. The molecule has 1 heterocycles. The van der Waals surface area contributed by atoms with E-state index in [9.17, 15) is 18.8 Å². The van der Waals surface area contributed by atoms with Gasteiger partial charge in [0.15, 0.2) is 0 Å². The Labute approximate surface area is 193 Å². The Hall–Kier alpha value is -2.25. The highest BCUT2D eigenvalue weighted by molar-refractivity contribution is 7.89. The number of nitrogens with zero attached hydrogens (tertiary/aromatic N) is 3. The summed E-state index contributed by atoms with van der Waals surface area (Å²) < 4.78 is 23.6. The van der Waals surface area contributed by atoms with Crippen LogP contribution in [0.5, 0.6) is 0 Å². The molecule has 3 rings (SSSR count). The molecule has 2 aromatic rings. The number of nitrogens with two attached hydrogens (primary N) is 1. The summed E-state index contributed by atoms with van der Waals surface area (Å²) in [7, 11) is -3.86. The number of rotatable bonds is 7. The molecular weight excluding hydrogens is 450 g/mol. The first-order valence-corrected chi connectivity index (χ1v) is 12.4. The molecule has 1 aromatic heterocycles. The average Bonchev–Trinajstić information content (AvgIpc) is 2.70. The molecule has 0 radical (unpaired) electrons. The summed E-state index contributed by atoms with van der Waals surface area (Å²) in [5.41, 5.74) is 1.45. The highest BCUT2D eigenvalue weighted by Gasteiger charge is 2.35. The molecule has 1 saturated carbocycles. The number of hydrogen-bond acceptors (Lipinski definition) is 7. The van der Waals surface area contributed by atoms with Crippen molar-refractivity contribution in [3.63, 3.8) is 0 Å². The summed E-state index contributed by atoms with van der Waals surface area (Å²) in [4.78, 5) is 8.79. The summed E-state index contributed by atoms with van der Waals surface area (Å²) in [6, 6.07) is 6.61. The van der Waals surface area contributed by atoms with E-state index in [1.54, 1.807) is 6.07 Å². The summed E-state index contributed by atoms with van der Waals surface area (Å²) >= 11 is 6.01. The van der Waals surface area contributed by atoms with Crippen molar-refractivity contribution in [2.24, 2.45) is 16.5 Å². The molecule has 0 bridgehead atoms. The lowest BCUT2D eigenvalue weighted by Crippen LogP contribution is -2.37. The zero-order chi connectivity index (χ0) is 23.5. The molecule has 0 unspecified atom stereocenters. The summed E-state index contributed by atoms with van der Waals surface area (Å²) in [5.74, 6) is 0.695. The average molecular weight is 478 g/mol. The second kappa shape index (κ2) is 9.71. The van der Waals surface area contributed by atoms with Crippen LogP contribution in [0, 0.1) is 22.7 Å². The van der Waals surface area contributed by atoms with Crippen LogP contribution in [-0.2, 0) is 22.9 Å². The van der Waals surface area contributed by atoms with Crippen molar-refractivity contribution in [3.05, 3.63) is 46.2 Å². The molecule has 0 amide bonds. The van der Waals surface area contributed by atoms with Gasteiger partial charge in [0.05, 0.1) is 28.5 Å². The van der Waals surface area contributed by atoms with E-state index < -0.39 is 10.0 Å². The van der Waals surface area contributed by atoms with Crippen LogP contribution in [0.2, 0.25) is 5.02 Å². The molecule has 0 aliphatic heterocycles. The van der Waals surface area contributed by atoms with Crippen LogP contribution in [0.3, 0.4) is 0 Å². The molecule has 2 atom stereocenters. The molecule has 172 valence electrons. The van der Waals surface area contributed by atoms with E-state index in [-0.39, 0.29) is 16.4 Å². The van der Waals surface area contributed by atoms with Gasteiger partial charge in [0, 0.05) is 11.6 Å². The molecule has 10 heteroatoms. The van der Waals surface area contributed by atoms with Gasteiger partial charge in [-0.25, -0.2) is 23.5 Å². The maximum Gasteiger partial charge on any atom is 0.238 e. The van der Waals surface area contributed by atoms with Gasteiger partial charge < -0.3 is 10.4 Å². The Morgan fingerprint density at radius 2 is 2.12 bits per heavy atom. The van der Waals surface area contributed by atoms with Gasteiger partial charge in [0.25, 0.3) is 0 Å². The van der Waals surface area contributed by atoms with Gasteiger partial charge in [-0.1, -0.05) is 25.4 Å². The van der Waals surface area contributed by atoms with Gasteiger partial charge in [0.1, 0.15) is 6.07 Å². The van der Waals surface area contributed by atoms with Crippen LogP contribution in [0.15, 0.2) is 29.3 Å². The van der Waals surface area contributed by atoms with Gasteiger partial charge in [-0.2, -0.15) is 5.26 Å². The first-order valence-electron chi connectivity index (χ1n) is 10.5. The number of aliphatic hydroxyl groups excluding tert-OH is 1. The largest absolute Gasteiger partial charge is 0.393 e. The molecule has 4 N–H and O–H groups in total. The lowest BCUT2D eigenvalue weighted by atomic mass is 9.69. The fourth-order valence-corrected chi connectivity index (χ4v) is 5.27. The Bertz CT molecular complexity index is 1130. The third-order valence-corrected chi connectivity index (χ3v) is 7.29. The summed E-state index contributed by atoms with van der Waals surface area (Å²) in [5, 5.41) is 28.5. The molecule has 1 aromatic carbocycles. The number of nitrogens with one attached hydrogen (secondary N) is 1. The van der Waals surface area contributed by atoms with E-state index in [0.29, 0.717) is 53.1 Å². The molecule has 0 spiro atoms. The SMILES string of the molecule is CC1(C)C[C@H](Cc2nc(NCCc3cc(Cl)ccc3S(N)(=O)=O)ncc2C#N)CC[C@@H]1O. The number of sulfonamides is 1. The maximum atomic E-state index is 11.8. The van der Waals surface area contributed by atoms with Crippen molar-refractivity contribution in [2.45, 2.75) is 57.0 Å². The molecule has 1 aliphatic carbocycles. The van der Waals surface area contributed by atoms with E-state index in [4.69, 9.17) is 16.7 Å². The van der Waals surface area contributed by atoms with Gasteiger partial charge >= 0.3 is 0 Å². The standard InChI is InChI=1S/C22H28ClN5O3S/c1-22(2)11-14(3-6-20(22)29)9-18-16(12-24)13-27-21(28-18)26-8-7-15-10-17(23)4-5-19(15)32(25,30)31/h4-5,10,13-14,20,29H,3,6-9,11H2,1-2H3,(H2,25,30,31)(H,26,27,28)/t14-,20-/m0/s1. The van der Waals surface area contributed by atoms with Crippen molar-refractivity contribution >= 4 is 27.6 Å². The molecule has 32 heavy (non-hydrogen) atoms. The predicted molar refractivity (Wildman–Crippen MR) is 123 cm³/mol. The third kappa shape index (κ3) is 5.95. The third-order valence-electron chi connectivity index (χ3n) is 6.04. The normalized spacial score (nSPS) is 20.5. The topological polar surface area (TPSA) is 142 Å².